The highest BCUT2D eigenvalue weighted by Crippen LogP contribution is 2.26. The Morgan fingerprint density at radius 1 is 1.02 bits per heavy atom. The number of rotatable bonds is 17. The van der Waals surface area contributed by atoms with Crippen LogP contribution in [0.2, 0.25) is 0 Å². The fourth-order valence-electron chi connectivity index (χ4n) is 5.84. The summed E-state index contributed by atoms with van der Waals surface area (Å²) < 4.78 is 45.1. The number of unbranched alkanes of at least 4 members (excludes halogenated alkanes) is 1. The van der Waals surface area contributed by atoms with Crippen molar-refractivity contribution < 1.29 is 36.4 Å². The van der Waals surface area contributed by atoms with Gasteiger partial charge in [0.2, 0.25) is 27.6 Å². The number of amides is 2. The molecule has 5 rings (SSSR count). The van der Waals surface area contributed by atoms with E-state index < -0.39 is 51.9 Å². The maximum Gasteiger partial charge on any atom is 0.266 e. The van der Waals surface area contributed by atoms with Gasteiger partial charge in [-0.3, -0.25) is 14.4 Å². The molecule has 2 amide bonds. The van der Waals surface area contributed by atoms with Crippen LogP contribution in [0.5, 0.6) is 0 Å². The van der Waals surface area contributed by atoms with Crippen LogP contribution in [0, 0.1) is 0 Å². The van der Waals surface area contributed by atoms with Crippen LogP contribution in [0.15, 0.2) is 80.2 Å². The third-order valence-corrected chi connectivity index (χ3v) is 9.38. The number of hydrogen-bond donors (Lipinski definition) is 3. The molecule has 15 heteroatoms. The molecule has 4 atom stereocenters. The van der Waals surface area contributed by atoms with Crippen LogP contribution < -0.4 is 15.8 Å². The molecule has 13 nitrogen and oxygen atoms in total. The predicted octanol–water partition coefficient (Wildman–Crippen LogP) is 3.72. The number of aryl methyl sites for hydroxylation is 1. The maximum absolute atomic E-state index is 14.2. The van der Waals surface area contributed by atoms with Crippen LogP contribution in [0.4, 0.5) is 0 Å². The molecule has 3 heterocycles. The van der Waals surface area contributed by atoms with Crippen molar-refractivity contribution in [2.45, 2.75) is 69.4 Å². The molecule has 262 valence electrons. The number of nitrogens with two attached hydrogens (primary N) is 1. The Morgan fingerprint density at radius 2 is 1.78 bits per heavy atom. The second-order valence-corrected chi connectivity index (χ2v) is 14.6. The Morgan fingerprint density at radius 3 is 2.47 bits per heavy atom. The number of nitrogens with zero attached hydrogens (tertiary/aromatic N) is 2. The summed E-state index contributed by atoms with van der Waals surface area (Å²) >= 11 is 3.27. The fourth-order valence-corrected chi connectivity index (χ4v) is 6.92. The van der Waals surface area contributed by atoms with Gasteiger partial charge < -0.3 is 29.5 Å². The van der Waals surface area contributed by atoms with E-state index in [1.807, 2.05) is 30.3 Å². The minimum atomic E-state index is -3.80. The van der Waals surface area contributed by atoms with E-state index in [1.54, 1.807) is 36.4 Å². The van der Waals surface area contributed by atoms with E-state index in [-0.39, 0.29) is 38.3 Å². The Hall–Kier alpha value is -3.89. The van der Waals surface area contributed by atoms with Crippen LogP contribution in [0.25, 0.3) is 11.1 Å². The summed E-state index contributed by atoms with van der Waals surface area (Å²) in [5.41, 5.74) is 7.58. The van der Waals surface area contributed by atoms with Crippen molar-refractivity contribution in [1.29, 1.82) is 0 Å². The smallest absolute Gasteiger partial charge is 0.266 e. The first kappa shape index (κ1) is 36.4. The molecular weight excluding hydrogens is 718 g/mol. The number of aromatic nitrogens is 1. The lowest BCUT2D eigenvalue weighted by Gasteiger charge is -2.29. The number of furan rings is 1. The van der Waals surface area contributed by atoms with Gasteiger partial charge in [-0.2, -0.15) is 0 Å². The van der Waals surface area contributed by atoms with Crippen molar-refractivity contribution in [3.05, 3.63) is 88.6 Å². The quantitative estimate of drug-likeness (QED) is 0.106. The molecule has 1 fully saturated rings. The Bertz CT molecular complexity index is 1810. The van der Waals surface area contributed by atoms with Gasteiger partial charge in [-0.25, -0.2) is 18.1 Å². The van der Waals surface area contributed by atoms with Crippen LogP contribution >= 0.6 is 15.9 Å². The Kier molecular flexibility index (Phi) is 12.4. The van der Waals surface area contributed by atoms with E-state index in [1.165, 1.54) is 4.90 Å². The lowest BCUT2D eigenvalue weighted by molar-refractivity contribution is -0.140. The molecule has 0 radical (unpaired) electrons. The van der Waals surface area contributed by atoms with Gasteiger partial charge in [-0.1, -0.05) is 42.5 Å². The summed E-state index contributed by atoms with van der Waals surface area (Å²) in [7, 11) is -3.80. The topological polar surface area (TPSA) is 187 Å². The maximum atomic E-state index is 14.2. The normalized spacial score (nSPS) is 17.7. The van der Waals surface area contributed by atoms with Gasteiger partial charge in [0, 0.05) is 13.0 Å². The monoisotopic (exact) mass is 757 g/mol. The predicted molar refractivity (Wildman–Crippen MR) is 185 cm³/mol. The standard InChI is InChI=1S/C34H40BrN5O8S/c1-49(44,45)39-27(16-14-22-9-3-2-4-10-22)34(43)40-20-24(46-21-23-15-17-30(35)47-23)19-28(40)32(42)37-26(12-7-8-18-36)31(41)33-38-25-11-5-6-13-29(25)48-33/h2-6,9-11,13,15,17,24,26-28,39H,7-8,12,14,16,18-21,36H2,1H3,(H,37,42)/t24-,26+,27-,28+/m1/s1. The molecule has 0 saturated carbocycles. The number of fused-ring (bicyclic) bond motifs is 1. The van der Waals surface area contributed by atoms with Gasteiger partial charge in [-0.15, -0.1) is 0 Å². The lowest BCUT2D eigenvalue weighted by Crippen LogP contribution is -2.55. The number of oxazole rings is 1. The number of likely N-dealkylation sites (tertiary alicyclic amines) is 1. The van der Waals surface area contributed by atoms with Crippen molar-refractivity contribution in [3.8, 4) is 0 Å². The Balaban J connectivity index is 1.38. The molecular formula is C34H40BrN5O8S. The van der Waals surface area contributed by atoms with Crippen LogP contribution in [-0.4, -0.2) is 79.5 Å². The molecule has 0 unspecified atom stereocenters. The van der Waals surface area contributed by atoms with E-state index >= 15 is 0 Å². The number of benzene rings is 2. The largest absolute Gasteiger partial charge is 0.452 e. The van der Waals surface area contributed by atoms with Gasteiger partial charge in [0.05, 0.1) is 18.4 Å². The summed E-state index contributed by atoms with van der Waals surface area (Å²) in [5.74, 6) is -1.25. The van der Waals surface area contributed by atoms with E-state index in [9.17, 15) is 22.8 Å². The molecule has 2 aromatic carbocycles. The van der Waals surface area contributed by atoms with Crippen molar-refractivity contribution in [3.63, 3.8) is 0 Å². The third kappa shape index (κ3) is 10.1. The highest BCUT2D eigenvalue weighted by Gasteiger charge is 2.43. The van der Waals surface area contributed by atoms with Gasteiger partial charge in [0.1, 0.15) is 30.0 Å². The van der Waals surface area contributed by atoms with Crippen molar-refractivity contribution in [2.24, 2.45) is 5.73 Å². The molecule has 4 N–H and O–H groups in total. The average molecular weight is 759 g/mol. The number of sulfonamides is 1. The third-order valence-electron chi connectivity index (χ3n) is 8.24. The molecule has 4 aromatic rings. The molecule has 49 heavy (non-hydrogen) atoms. The SMILES string of the molecule is CS(=O)(=O)N[C@H](CCc1ccccc1)C(=O)N1C[C@H](OCc2ccc(Br)o2)C[C@H]1C(=O)N[C@@H](CCCCN)C(=O)c1nc2ccccc2o1. The molecule has 0 spiro atoms. The number of hydrogen-bond acceptors (Lipinski definition) is 10. The number of halogens is 1. The minimum absolute atomic E-state index is 0.0169. The summed E-state index contributed by atoms with van der Waals surface area (Å²) in [6, 6.07) is 16.6. The van der Waals surface area contributed by atoms with Crippen LogP contribution in [0.1, 0.15) is 54.1 Å². The zero-order chi connectivity index (χ0) is 35.0. The molecule has 1 saturated heterocycles. The molecule has 0 aliphatic carbocycles. The zero-order valence-corrected chi connectivity index (χ0v) is 29.5. The van der Waals surface area contributed by atoms with Gasteiger partial charge in [-0.05, 0) is 84.4 Å². The number of Topliss-reactive ketones (excluding diaryl/α,β-unsaturated/α-hetero) is 1. The minimum Gasteiger partial charge on any atom is -0.452 e. The molecule has 1 aliphatic rings. The van der Waals surface area contributed by atoms with Crippen LogP contribution in [-0.2, 0) is 37.4 Å². The van der Waals surface area contributed by atoms with Crippen molar-refractivity contribution in [1.82, 2.24) is 19.9 Å². The number of carbonyl (C=O) groups excluding carboxylic acids is 3. The van der Waals surface area contributed by atoms with Crippen molar-refractivity contribution in [2.75, 3.05) is 19.3 Å². The van der Waals surface area contributed by atoms with E-state index in [0.29, 0.717) is 47.3 Å². The lowest BCUT2D eigenvalue weighted by atomic mass is 10.0. The Labute approximate surface area is 293 Å². The van der Waals surface area contributed by atoms with Gasteiger partial charge in [0.25, 0.3) is 5.89 Å². The zero-order valence-electron chi connectivity index (χ0n) is 27.0. The summed E-state index contributed by atoms with van der Waals surface area (Å²) in [5, 5.41) is 2.85. The number of para-hydroxylation sites is 2. The number of nitrogens with one attached hydrogen (secondary N) is 2. The highest BCUT2D eigenvalue weighted by atomic mass is 79.9. The number of carbonyl (C=O) groups is 3. The average Bonchev–Trinajstić information content (AvgIpc) is 3.83. The molecule has 0 bridgehead atoms. The van der Waals surface area contributed by atoms with Gasteiger partial charge >= 0.3 is 0 Å². The van der Waals surface area contributed by atoms with E-state index in [2.05, 4.69) is 31.0 Å². The summed E-state index contributed by atoms with van der Waals surface area (Å²) in [6.07, 6.45) is 2.52. The first-order chi connectivity index (χ1) is 23.5. The van der Waals surface area contributed by atoms with E-state index in [4.69, 9.17) is 19.3 Å². The van der Waals surface area contributed by atoms with E-state index in [0.717, 1.165) is 11.8 Å². The van der Waals surface area contributed by atoms with Gasteiger partial charge in [0.15, 0.2) is 10.3 Å². The summed E-state index contributed by atoms with van der Waals surface area (Å²) in [4.78, 5) is 47.6. The first-order valence-electron chi connectivity index (χ1n) is 16.1. The summed E-state index contributed by atoms with van der Waals surface area (Å²) in [6.45, 7) is 0.512. The van der Waals surface area contributed by atoms with Crippen LogP contribution in [0.3, 0.4) is 0 Å². The second kappa shape index (κ2) is 16.7. The second-order valence-electron chi connectivity index (χ2n) is 12.0. The molecule has 1 aliphatic heterocycles. The highest BCUT2D eigenvalue weighted by molar-refractivity contribution is 9.10. The fraction of sp³-hybridized carbons (Fsp3) is 0.412. The number of ether oxygens (including phenoxy) is 1. The molecule has 2 aromatic heterocycles. The first-order valence-corrected chi connectivity index (χ1v) is 18.8. The number of ketones is 1. The van der Waals surface area contributed by atoms with Crippen molar-refractivity contribution >= 4 is 54.7 Å².